The number of hydrogen-bond donors (Lipinski definition) is 3. The third kappa shape index (κ3) is 3.34. The van der Waals surface area contributed by atoms with Gasteiger partial charge < -0.3 is 5.32 Å². The maximum atomic E-state index is 13.9. The number of nitrogens with one attached hydrogen (secondary N) is 3. The zero-order valence-corrected chi connectivity index (χ0v) is 11.7. The van der Waals surface area contributed by atoms with Gasteiger partial charge in [-0.1, -0.05) is 13.0 Å². The van der Waals surface area contributed by atoms with E-state index in [9.17, 15) is 12.8 Å². The second-order valence-electron chi connectivity index (χ2n) is 4.14. The van der Waals surface area contributed by atoms with Gasteiger partial charge >= 0.3 is 0 Å². The fraction of sp³-hybridized carbons (Fsp3) is 0.250. The summed E-state index contributed by atoms with van der Waals surface area (Å²) in [5.74, 6) is -0.781. The van der Waals surface area contributed by atoms with Gasteiger partial charge in [0.2, 0.25) is 0 Å². The van der Waals surface area contributed by atoms with Gasteiger partial charge in [-0.15, -0.1) is 0 Å². The molecule has 0 unspecified atom stereocenters. The van der Waals surface area contributed by atoms with Gasteiger partial charge in [-0.05, 0) is 24.2 Å². The highest BCUT2D eigenvalue weighted by molar-refractivity contribution is 7.92. The first-order valence-electron chi connectivity index (χ1n) is 6.03. The summed E-state index contributed by atoms with van der Waals surface area (Å²) in [6, 6.07) is 4.05. The van der Waals surface area contributed by atoms with Gasteiger partial charge in [0.05, 0.1) is 11.9 Å². The van der Waals surface area contributed by atoms with Crippen molar-refractivity contribution in [3.63, 3.8) is 0 Å². The van der Waals surface area contributed by atoms with E-state index < -0.39 is 15.8 Å². The maximum absolute atomic E-state index is 13.9. The van der Waals surface area contributed by atoms with Crippen molar-refractivity contribution < 1.29 is 12.8 Å². The fourth-order valence-electron chi connectivity index (χ4n) is 1.66. The van der Waals surface area contributed by atoms with Crippen molar-refractivity contribution >= 4 is 15.7 Å². The van der Waals surface area contributed by atoms with Gasteiger partial charge in [0.1, 0.15) is 10.7 Å². The molecule has 8 heteroatoms. The molecule has 0 fully saturated rings. The molecular formula is C12H15FN4O2S. The zero-order chi connectivity index (χ0) is 14.6. The average Bonchev–Trinajstić information content (AvgIpc) is 2.88. The lowest BCUT2D eigenvalue weighted by atomic mass is 10.2. The highest BCUT2D eigenvalue weighted by atomic mass is 32.2. The second kappa shape index (κ2) is 6.02. The Morgan fingerprint density at radius 2 is 2.20 bits per heavy atom. The van der Waals surface area contributed by atoms with Gasteiger partial charge in [0, 0.05) is 12.7 Å². The molecule has 0 amide bonds. The number of anilines is 1. The molecule has 0 aliphatic rings. The lowest BCUT2D eigenvalue weighted by molar-refractivity contribution is 0.568. The van der Waals surface area contributed by atoms with Crippen LogP contribution in [-0.2, 0) is 16.6 Å². The number of benzene rings is 1. The van der Waals surface area contributed by atoms with E-state index in [1.165, 1.54) is 24.5 Å². The largest absolute Gasteiger partial charge is 0.313 e. The summed E-state index contributed by atoms with van der Waals surface area (Å²) >= 11 is 0. The minimum Gasteiger partial charge on any atom is -0.313 e. The Hall–Kier alpha value is -1.93. The van der Waals surface area contributed by atoms with Crippen molar-refractivity contribution in [2.75, 3.05) is 11.3 Å². The van der Waals surface area contributed by atoms with Gasteiger partial charge in [-0.2, -0.15) is 5.10 Å². The summed E-state index contributed by atoms with van der Waals surface area (Å²) in [7, 11) is -3.96. The molecule has 0 radical (unpaired) electrons. The van der Waals surface area contributed by atoms with Crippen LogP contribution in [0.4, 0.5) is 10.1 Å². The predicted octanol–water partition coefficient (Wildman–Crippen LogP) is 1.46. The number of aromatic amines is 1. The first kappa shape index (κ1) is 14.5. The molecule has 20 heavy (non-hydrogen) atoms. The number of sulfonamides is 1. The van der Waals surface area contributed by atoms with E-state index in [0.717, 1.165) is 6.54 Å². The summed E-state index contributed by atoms with van der Waals surface area (Å²) in [5.41, 5.74) is 0.938. The SMILES string of the molecule is CCNCc1ccc(S(=O)(=O)Nc2cn[nH]c2)c(F)c1. The standard InChI is InChI=1S/C12H15FN4O2S/c1-2-14-6-9-3-4-12(11(13)5-9)20(18,19)17-10-7-15-16-8-10/h3-5,7-8,14,17H,2,6H2,1H3,(H,15,16). The molecule has 108 valence electrons. The van der Waals surface area contributed by atoms with Crippen molar-refractivity contribution in [2.45, 2.75) is 18.4 Å². The minimum atomic E-state index is -3.96. The summed E-state index contributed by atoms with van der Waals surface area (Å²) in [4.78, 5) is -0.390. The molecule has 1 aromatic heterocycles. The van der Waals surface area contributed by atoms with Gasteiger partial charge in [0.25, 0.3) is 10.0 Å². The molecule has 6 nitrogen and oxygen atoms in total. The van der Waals surface area contributed by atoms with Crippen LogP contribution in [0.25, 0.3) is 0 Å². The minimum absolute atomic E-state index is 0.251. The third-order valence-electron chi connectivity index (χ3n) is 2.62. The smallest absolute Gasteiger partial charge is 0.264 e. The van der Waals surface area contributed by atoms with Crippen LogP contribution in [0.2, 0.25) is 0 Å². The van der Waals surface area contributed by atoms with Crippen LogP contribution < -0.4 is 10.0 Å². The number of rotatable bonds is 6. The molecule has 0 atom stereocenters. The van der Waals surface area contributed by atoms with E-state index >= 15 is 0 Å². The maximum Gasteiger partial charge on any atom is 0.264 e. The van der Waals surface area contributed by atoms with E-state index in [1.54, 1.807) is 6.07 Å². The van der Waals surface area contributed by atoms with Crippen LogP contribution in [0, 0.1) is 5.82 Å². The quantitative estimate of drug-likeness (QED) is 0.753. The highest BCUT2D eigenvalue weighted by Crippen LogP contribution is 2.19. The molecule has 2 rings (SSSR count). The molecule has 0 aliphatic carbocycles. The van der Waals surface area contributed by atoms with Crippen LogP contribution in [0.15, 0.2) is 35.5 Å². The van der Waals surface area contributed by atoms with E-state index in [2.05, 4.69) is 20.2 Å². The van der Waals surface area contributed by atoms with E-state index in [1.807, 2.05) is 6.92 Å². The Labute approximate surface area is 116 Å². The summed E-state index contributed by atoms with van der Waals surface area (Å²) < 4.78 is 40.2. The van der Waals surface area contributed by atoms with E-state index in [4.69, 9.17) is 0 Å². The topological polar surface area (TPSA) is 86.9 Å². The van der Waals surface area contributed by atoms with Crippen molar-refractivity contribution in [1.82, 2.24) is 15.5 Å². The van der Waals surface area contributed by atoms with Crippen molar-refractivity contribution in [2.24, 2.45) is 0 Å². The van der Waals surface area contributed by atoms with Crippen LogP contribution in [-0.4, -0.2) is 25.2 Å². The molecular weight excluding hydrogens is 283 g/mol. The number of H-pyrrole nitrogens is 1. The Balaban J connectivity index is 2.23. The van der Waals surface area contributed by atoms with Crippen LogP contribution >= 0.6 is 0 Å². The Bertz CT molecular complexity index is 671. The number of halogens is 1. The normalized spacial score (nSPS) is 11.5. The van der Waals surface area contributed by atoms with Crippen molar-refractivity contribution in [1.29, 1.82) is 0 Å². The monoisotopic (exact) mass is 298 g/mol. The van der Waals surface area contributed by atoms with Gasteiger partial charge in [0.15, 0.2) is 0 Å². The molecule has 2 aromatic rings. The molecule has 0 saturated heterocycles. The first-order valence-corrected chi connectivity index (χ1v) is 7.52. The van der Waals surface area contributed by atoms with Crippen molar-refractivity contribution in [3.8, 4) is 0 Å². The molecule has 3 N–H and O–H groups in total. The lowest BCUT2D eigenvalue weighted by Gasteiger charge is -2.08. The fourth-order valence-corrected chi connectivity index (χ4v) is 2.75. The summed E-state index contributed by atoms with van der Waals surface area (Å²) in [6.07, 6.45) is 2.67. The highest BCUT2D eigenvalue weighted by Gasteiger charge is 2.19. The van der Waals surface area contributed by atoms with Crippen LogP contribution in [0.5, 0.6) is 0 Å². The number of aromatic nitrogens is 2. The Morgan fingerprint density at radius 1 is 1.40 bits per heavy atom. The van der Waals surface area contributed by atoms with Gasteiger partial charge in [-0.25, -0.2) is 12.8 Å². The van der Waals surface area contributed by atoms with E-state index in [0.29, 0.717) is 12.1 Å². The van der Waals surface area contributed by atoms with Crippen molar-refractivity contribution in [3.05, 3.63) is 42.0 Å². The predicted molar refractivity (Wildman–Crippen MR) is 73.2 cm³/mol. The molecule has 0 bridgehead atoms. The molecule has 0 spiro atoms. The third-order valence-corrected chi connectivity index (χ3v) is 4.03. The molecule has 0 aliphatic heterocycles. The Morgan fingerprint density at radius 3 is 2.80 bits per heavy atom. The summed E-state index contributed by atoms with van der Waals surface area (Å²) in [5, 5.41) is 9.13. The second-order valence-corrected chi connectivity index (χ2v) is 5.79. The zero-order valence-electron chi connectivity index (χ0n) is 10.9. The average molecular weight is 298 g/mol. The molecule has 1 aromatic carbocycles. The van der Waals surface area contributed by atoms with Gasteiger partial charge in [-0.3, -0.25) is 9.82 Å². The molecule has 1 heterocycles. The van der Waals surface area contributed by atoms with Crippen LogP contribution in [0.3, 0.4) is 0 Å². The lowest BCUT2D eigenvalue weighted by Crippen LogP contribution is -2.16. The van der Waals surface area contributed by atoms with Crippen LogP contribution in [0.1, 0.15) is 12.5 Å². The number of hydrogen-bond acceptors (Lipinski definition) is 4. The summed E-state index contributed by atoms with van der Waals surface area (Å²) in [6.45, 7) is 3.18. The Kier molecular flexibility index (Phi) is 4.35. The number of nitrogens with zero attached hydrogens (tertiary/aromatic N) is 1. The molecule has 0 saturated carbocycles. The first-order chi connectivity index (χ1) is 9.53. The van der Waals surface area contributed by atoms with E-state index in [-0.39, 0.29) is 10.6 Å².